The Hall–Kier alpha value is -1.74. The minimum Gasteiger partial charge on any atom is -0.253 e. The van der Waals surface area contributed by atoms with Crippen molar-refractivity contribution in [2.24, 2.45) is 0 Å². The molecule has 17 heavy (non-hydrogen) atoms. The Kier molecular flexibility index (Phi) is 2.61. The maximum Gasteiger partial charge on any atom is 0.142 e. The first-order valence-corrected chi connectivity index (χ1v) is 6.55. The zero-order valence-corrected chi connectivity index (χ0v) is 10.4. The van der Waals surface area contributed by atoms with Crippen molar-refractivity contribution in [3.8, 4) is 10.7 Å². The van der Waals surface area contributed by atoms with Crippen LogP contribution in [0.3, 0.4) is 0 Å². The van der Waals surface area contributed by atoms with Crippen molar-refractivity contribution >= 4 is 22.1 Å². The van der Waals surface area contributed by atoms with Gasteiger partial charge in [0.1, 0.15) is 10.7 Å². The first kappa shape index (κ1) is 10.4. The lowest BCUT2D eigenvalue weighted by atomic mass is 10.1. The molecule has 2 nitrogen and oxygen atoms in total. The molecule has 3 heteroatoms. The van der Waals surface area contributed by atoms with E-state index in [-0.39, 0.29) is 0 Å². The van der Waals surface area contributed by atoms with Crippen molar-refractivity contribution in [3.63, 3.8) is 0 Å². The number of rotatable bonds is 2. The molecule has 0 unspecified atom stereocenters. The molecular formula is C14H12N2S. The summed E-state index contributed by atoms with van der Waals surface area (Å²) >= 11 is 1.67. The topological polar surface area (TPSA) is 25.8 Å². The van der Waals surface area contributed by atoms with Crippen LogP contribution >= 0.6 is 11.3 Å². The maximum atomic E-state index is 4.61. The van der Waals surface area contributed by atoms with Gasteiger partial charge in [-0.3, -0.25) is 4.98 Å². The van der Waals surface area contributed by atoms with Crippen molar-refractivity contribution < 1.29 is 0 Å². The molecule has 0 saturated heterocycles. The van der Waals surface area contributed by atoms with Crippen molar-refractivity contribution in [1.82, 2.24) is 9.97 Å². The van der Waals surface area contributed by atoms with Crippen LogP contribution in [0.1, 0.15) is 12.6 Å². The first-order valence-electron chi connectivity index (χ1n) is 5.67. The van der Waals surface area contributed by atoms with Gasteiger partial charge in [0, 0.05) is 17.0 Å². The highest BCUT2D eigenvalue weighted by atomic mass is 32.1. The number of fused-ring (bicyclic) bond motifs is 1. The van der Waals surface area contributed by atoms with Gasteiger partial charge in [-0.05, 0) is 17.9 Å². The molecule has 0 aliphatic heterocycles. The van der Waals surface area contributed by atoms with Gasteiger partial charge in [-0.1, -0.05) is 31.2 Å². The van der Waals surface area contributed by atoms with E-state index in [4.69, 9.17) is 0 Å². The lowest BCUT2D eigenvalue weighted by Gasteiger charge is -2.01. The van der Waals surface area contributed by atoms with Crippen LogP contribution in [0.15, 0.2) is 41.9 Å². The van der Waals surface area contributed by atoms with Crippen LogP contribution in [0, 0.1) is 0 Å². The Morgan fingerprint density at radius 1 is 1.18 bits per heavy atom. The molecule has 0 spiro atoms. The summed E-state index contributed by atoms with van der Waals surface area (Å²) in [5.41, 5.74) is 2.13. The molecule has 0 atom stereocenters. The maximum absolute atomic E-state index is 4.61. The van der Waals surface area contributed by atoms with Gasteiger partial charge in [0.05, 0.1) is 5.69 Å². The minimum atomic E-state index is 0.973. The summed E-state index contributed by atoms with van der Waals surface area (Å²) in [6.45, 7) is 2.12. The highest BCUT2D eigenvalue weighted by molar-refractivity contribution is 7.13. The predicted octanol–water partition coefficient (Wildman–Crippen LogP) is 3.92. The van der Waals surface area contributed by atoms with E-state index in [2.05, 4.69) is 34.4 Å². The van der Waals surface area contributed by atoms with E-state index in [0.717, 1.165) is 22.8 Å². The first-order chi connectivity index (χ1) is 8.38. The average Bonchev–Trinajstić information content (AvgIpc) is 2.87. The highest BCUT2D eigenvalue weighted by Crippen LogP contribution is 2.28. The standard InChI is InChI=1S/C14H12N2S/c1-2-11-9-17-14(16-11)13-12-6-4-3-5-10(12)7-8-15-13/h3-9H,2H2,1H3. The van der Waals surface area contributed by atoms with Crippen molar-refractivity contribution in [2.75, 3.05) is 0 Å². The number of pyridine rings is 1. The summed E-state index contributed by atoms with van der Waals surface area (Å²) in [6.07, 6.45) is 2.83. The van der Waals surface area contributed by atoms with Gasteiger partial charge in [-0.15, -0.1) is 11.3 Å². The molecule has 0 fully saturated rings. The van der Waals surface area contributed by atoms with Gasteiger partial charge in [0.2, 0.25) is 0 Å². The Labute approximate surface area is 104 Å². The van der Waals surface area contributed by atoms with Crippen LogP contribution in [0.5, 0.6) is 0 Å². The molecule has 0 N–H and O–H groups in total. The van der Waals surface area contributed by atoms with Crippen LogP contribution in [-0.2, 0) is 6.42 Å². The highest BCUT2D eigenvalue weighted by Gasteiger charge is 2.08. The Morgan fingerprint density at radius 3 is 2.88 bits per heavy atom. The number of aromatic nitrogens is 2. The summed E-state index contributed by atoms with van der Waals surface area (Å²) in [6, 6.07) is 10.3. The Morgan fingerprint density at radius 2 is 2.06 bits per heavy atom. The number of hydrogen-bond donors (Lipinski definition) is 0. The van der Waals surface area contributed by atoms with Gasteiger partial charge >= 0.3 is 0 Å². The Bertz CT molecular complexity index is 653. The number of hydrogen-bond acceptors (Lipinski definition) is 3. The fourth-order valence-electron chi connectivity index (χ4n) is 1.87. The molecule has 0 aliphatic carbocycles. The van der Waals surface area contributed by atoms with E-state index in [1.165, 1.54) is 10.8 Å². The number of nitrogens with zero attached hydrogens (tertiary/aromatic N) is 2. The fourth-order valence-corrected chi connectivity index (χ4v) is 2.78. The third kappa shape index (κ3) is 1.83. The second-order valence-corrected chi connectivity index (χ2v) is 4.74. The van der Waals surface area contributed by atoms with E-state index < -0.39 is 0 Å². The SMILES string of the molecule is CCc1csc(-c2nccc3ccccc23)n1. The van der Waals surface area contributed by atoms with E-state index in [1.807, 2.05) is 24.4 Å². The molecule has 0 radical (unpaired) electrons. The average molecular weight is 240 g/mol. The minimum absolute atomic E-state index is 0.973. The lowest BCUT2D eigenvalue weighted by Crippen LogP contribution is -1.86. The van der Waals surface area contributed by atoms with Gasteiger partial charge in [-0.2, -0.15) is 0 Å². The van der Waals surface area contributed by atoms with Crippen LogP contribution in [-0.4, -0.2) is 9.97 Å². The number of thiazole rings is 1. The summed E-state index contributed by atoms with van der Waals surface area (Å²) < 4.78 is 0. The van der Waals surface area contributed by atoms with E-state index in [0.29, 0.717) is 0 Å². The number of benzene rings is 1. The quantitative estimate of drug-likeness (QED) is 0.678. The summed E-state index contributed by atoms with van der Waals surface area (Å²) in [7, 11) is 0. The summed E-state index contributed by atoms with van der Waals surface area (Å²) in [5.74, 6) is 0. The monoisotopic (exact) mass is 240 g/mol. The molecule has 0 saturated carbocycles. The predicted molar refractivity (Wildman–Crippen MR) is 72.2 cm³/mol. The smallest absolute Gasteiger partial charge is 0.142 e. The fraction of sp³-hybridized carbons (Fsp3) is 0.143. The molecule has 2 aromatic heterocycles. The van der Waals surface area contributed by atoms with Crippen molar-refractivity contribution in [1.29, 1.82) is 0 Å². The molecule has 1 aromatic carbocycles. The molecule has 2 heterocycles. The van der Waals surface area contributed by atoms with Crippen molar-refractivity contribution in [3.05, 3.63) is 47.6 Å². The zero-order chi connectivity index (χ0) is 11.7. The molecule has 84 valence electrons. The third-order valence-electron chi connectivity index (χ3n) is 2.79. The summed E-state index contributed by atoms with van der Waals surface area (Å²) in [4.78, 5) is 9.08. The van der Waals surface area contributed by atoms with E-state index in [9.17, 15) is 0 Å². The Balaban J connectivity index is 2.23. The molecule has 0 bridgehead atoms. The van der Waals surface area contributed by atoms with Crippen LogP contribution in [0.25, 0.3) is 21.5 Å². The van der Waals surface area contributed by atoms with Gasteiger partial charge in [0.15, 0.2) is 0 Å². The molecule has 0 amide bonds. The third-order valence-corrected chi connectivity index (χ3v) is 3.69. The van der Waals surface area contributed by atoms with Crippen LogP contribution in [0.2, 0.25) is 0 Å². The number of aryl methyl sites for hydroxylation is 1. The van der Waals surface area contributed by atoms with Crippen molar-refractivity contribution in [2.45, 2.75) is 13.3 Å². The molecular weight excluding hydrogens is 228 g/mol. The lowest BCUT2D eigenvalue weighted by molar-refractivity contribution is 1.06. The molecule has 3 rings (SSSR count). The van der Waals surface area contributed by atoms with E-state index in [1.54, 1.807) is 11.3 Å². The molecule has 0 aliphatic rings. The van der Waals surface area contributed by atoms with Crippen LogP contribution in [0.4, 0.5) is 0 Å². The second kappa shape index (κ2) is 4.26. The van der Waals surface area contributed by atoms with Gasteiger partial charge in [0.25, 0.3) is 0 Å². The van der Waals surface area contributed by atoms with Crippen LogP contribution < -0.4 is 0 Å². The van der Waals surface area contributed by atoms with E-state index >= 15 is 0 Å². The molecule has 3 aromatic rings. The zero-order valence-electron chi connectivity index (χ0n) is 9.55. The normalized spacial score (nSPS) is 10.9. The van der Waals surface area contributed by atoms with Gasteiger partial charge < -0.3 is 0 Å². The second-order valence-electron chi connectivity index (χ2n) is 3.88. The van der Waals surface area contributed by atoms with Gasteiger partial charge in [-0.25, -0.2) is 4.98 Å². The summed E-state index contributed by atoms with van der Waals surface area (Å²) in [5, 5.41) is 5.51. The largest absolute Gasteiger partial charge is 0.253 e.